The molecule has 1 aliphatic heterocycles. The summed E-state index contributed by atoms with van der Waals surface area (Å²) < 4.78 is 36.4. The van der Waals surface area contributed by atoms with Gasteiger partial charge in [0.1, 0.15) is 12.4 Å². The van der Waals surface area contributed by atoms with Crippen molar-refractivity contribution in [2.24, 2.45) is 5.92 Å². The number of hydrogen-bond donors (Lipinski definition) is 3. The van der Waals surface area contributed by atoms with Crippen molar-refractivity contribution in [2.45, 2.75) is 109 Å². The van der Waals surface area contributed by atoms with Gasteiger partial charge in [0.25, 0.3) is 5.91 Å². The van der Waals surface area contributed by atoms with Gasteiger partial charge in [0, 0.05) is 62.4 Å². The Hall–Kier alpha value is -5.71. The number of carbonyl (C=O) groups is 6. The quantitative estimate of drug-likeness (QED) is 0.0638. The van der Waals surface area contributed by atoms with E-state index in [2.05, 4.69) is 16.0 Å². The predicted molar refractivity (Wildman–Crippen MR) is 245 cm³/mol. The summed E-state index contributed by atoms with van der Waals surface area (Å²) in [7, 11) is 0. The lowest BCUT2D eigenvalue weighted by Crippen LogP contribution is -2.50. The Kier molecular flexibility index (Phi) is 18.6. The van der Waals surface area contributed by atoms with Crippen LogP contribution in [-0.4, -0.2) is 104 Å². The van der Waals surface area contributed by atoms with E-state index in [1.165, 1.54) is 74.6 Å². The molecule has 0 radical (unpaired) electrons. The molecule has 3 N–H and O–H groups in total. The molecule has 3 aliphatic rings. The van der Waals surface area contributed by atoms with Gasteiger partial charge < -0.3 is 39.8 Å². The number of amides is 6. The van der Waals surface area contributed by atoms with Crippen molar-refractivity contribution in [2.75, 3.05) is 63.4 Å². The molecule has 356 valence electrons. The van der Waals surface area contributed by atoms with Gasteiger partial charge in [-0.2, -0.15) is 0 Å². The third-order valence-corrected chi connectivity index (χ3v) is 12.4. The second-order valence-electron chi connectivity index (χ2n) is 17.4. The van der Waals surface area contributed by atoms with Crippen molar-refractivity contribution >= 4 is 47.0 Å². The SMILES string of the molecule is CC(=O)Nc1ccc2c(c1)CC[C@@]21OC(=O)N(CC(=O)N(Cc2ccc(F)cc2)[C@@H](C)CNC(=O)CCc2ccc(NC(=O)CCOCCOCCOCCC3CCCCCC3)cc2)C1=O. The monoisotopic (exact) mass is 913 g/mol. The maximum atomic E-state index is 14.0. The zero-order chi connectivity index (χ0) is 46.9. The fourth-order valence-electron chi connectivity index (χ4n) is 8.74. The average Bonchev–Trinajstić information content (AvgIpc) is 3.61. The minimum absolute atomic E-state index is 0.0223. The molecule has 2 fully saturated rings. The van der Waals surface area contributed by atoms with Gasteiger partial charge in [-0.1, -0.05) is 68.9 Å². The number of fused-ring (bicyclic) bond motifs is 2. The minimum atomic E-state index is -1.58. The number of aryl methyl sites for hydroxylation is 2. The second-order valence-corrected chi connectivity index (χ2v) is 17.4. The van der Waals surface area contributed by atoms with Crippen LogP contribution < -0.4 is 16.0 Å². The van der Waals surface area contributed by atoms with E-state index in [4.69, 9.17) is 18.9 Å². The summed E-state index contributed by atoms with van der Waals surface area (Å²) in [6, 6.07) is 17.3. The summed E-state index contributed by atoms with van der Waals surface area (Å²) >= 11 is 0. The molecule has 16 heteroatoms. The molecule has 2 atom stereocenters. The van der Waals surface area contributed by atoms with Gasteiger partial charge in [-0.05, 0) is 85.2 Å². The Morgan fingerprint density at radius 1 is 0.803 bits per heavy atom. The first-order chi connectivity index (χ1) is 31.9. The van der Waals surface area contributed by atoms with Gasteiger partial charge in [-0.15, -0.1) is 0 Å². The van der Waals surface area contributed by atoms with Crippen LogP contribution in [-0.2, 0) is 67.9 Å². The maximum Gasteiger partial charge on any atom is 0.418 e. The number of carbonyl (C=O) groups excluding carboxylic acids is 6. The number of imide groups is 1. The number of hydrogen-bond acceptors (Lipinski definition) is 10. The maximum absolute atomic E-state index is 14.0. The van der Waals surface area contributed by atoms with E-state index in [9.17, 15) is 33.2 Å². The highest BCUT2D eigenvalue weighted by Crippen LogP contribution is 2.46. The van der Waals surface area contributed by atoms with Crippen molar-refractivity contribution in [3.63, 3.8) is 0 Å². The molecule has 0 aromatic heterocycles. The highest BCUT2D eigenvalue weighted by atomic mass is 19.1. The zero-order valence-corrected chi connectivity index (χ0v) is 38.2. The van der Waals surface area contributed by atoms with Crippen molar-refractivity contribution in [3.05, 3.63) is 94.8 Å². The molecule has 15 nitrogen and oxygen atoms in total. The van der Waals surface area contributed by atoms with Crippen LogP contribution in [0.15, 0.2) is 66.7 Å². The van der Waals surface area contributed by atoms with Gasteiger partial charge in [0.05, 0.1) is 39.5 Å². The van der Waals surface area contributed by atoms with Crippen LogP contribution in [0, 0.1) is 11.7 Å². The van der Waals surface area contributed by atoms with Crippen LogP contribution in [0.25, 0.3) is 0 Å². The summed E-state index contributed by atoms with van der Waals surface area (Å²) in [6.07, 6.45) is 9.64. The zero-order valence-electron chi connectivity index (χ0n) is 38.2. The molecule has 1 heterocycles. The van der Waals surface area contributed by atoms with E-state index in [-0.39, 0.29) is 56.7 Å². The Balaban J connectivity index is 0.896. The summed E-state index contributed by atoms with van der Waals surface area (Å²) in [4.78, 5) is 80.4. The normalized spacial score (nSPS) is 17.5. The lowest BCUT2D eigenvalue weighted by molar-refractivity contribution is -0.143. The van der Waals surface area contributed by atoms with Gasteiger partial charge in [-0.25, -0.2) is 14.1 Å². The third-order valence-electron chi connectivity index (χ3n) is 12.4. The van der Waals surface area contributed by atoms with E-state index < -0.39 is 41.9 Å². The van der Waals surface area contributed by atoms with E-state index in [1.807, 2.05) is 12.1 Å². The van der Waals surface area contributed by atoms with Gasteiger partial charge in [0.15, 0.2) is 0 Å². The largest absolute Gasteiger partial charge is 0.427 e. The van der Waals surface area contributed by atoms with Gasteiger partial charge in [0.2, 0.25) is 29.2 Å². The highest BCUT2D eigenvalue weighted by molar-refractivity contribution is 6.06. The molecule has 1 saturated carbocycles. The molecule has 3 aromatic carbocycles. The molecule has 0 bridgehead atoms. The summed E-state index contributed by atoms with van der Waals surface area (Å²) in [6.45, 7) is 5.58. The fraction of sp³-hybridized carbons (Fsp3) is 0.520. The number of halogens is 1. The second kappa shape index (κ2) is 24.7. The lowest BCUT2D eigenvalue weighted by atomic mass is 9.94. The van der Waals surface area contributed by atoms with Crippen LogP contribution in [0.4, 0.5) is 20.6 Å². The van der Waals surface area contributed by atoms with Crippen LogP contribution in [0.2, 0.25) is 0 Å². The number of ether oxygens (including phenoxy) is 4. The standard InChI is InChI=1S/C50H64FN5O10/c1-35(32-52-45(58)20-13-38-11-16-42(17-12-38)54-46(59)23-26-64-28-30-65-29-27-63-25-22-37-7-5-3-4-6-8-37)55(33-39-9-14-41(51)15-10-39)47(60)34-56-48(61)50(66-49(56)62)24-21-40-31-43(53-36(2)57)18-19-44(40)50/h9-12,14-19,31,35,37H,3-8,13,20-30,32-34H2,1-2H3,(H,52,58)(H,53,57)(H,54,59)/t35-,50+/m0/s1. The number of benzene rings is 3. The Morgan fingerprint density at radius 2 is 1.45 bits per heavy atom. The van der Waals surface area contributed by atoms with Crippen molar-refractivity contribution < 1.29 is 52.1 Å². The highest BCUT2D eigenvalue weighted by Gasteiger charge is 2.58. The van der Waals surface area contributed by atoms with Gasteiger partial charge in [-0.3, -0.25) is 24.0 Å². The minimum Gasteiger partial charge on any atom is -0.427 e. The molecular formula is C50H64FN5O10. The first kappa shape index (κ1) is 49.7. The van der Waals surface area contributed by atoms with Crippen LogP contribution in [0.5, 0.6) is 0 Å². The third kappa shape index (κ3) is 14.4. The molecule has 2 aliphatic carbocycles. The average molecular weight is 914 g/mol. The molecule has 1 spiro atoms. The van der Waals surface area contributed by atoms with Crippen LogP contribution in [0.3, 0.4) is 0 Å². The van der Waals surface area contributed by atoms with Crippen molar-refractivity contribution in [1.29, 1.82) is 0 Å². The number of nitrogens with one attached hydrogen (secondary N) is 3. The molecule has 6 amide bonds. The van der Waals surface area contributed by atoms with E-state index in [0.717, 1.165) is 35.0 Å². The lowest BCUT2D eigenvalue weighted by Gasteiger charge is -2.31. The number of rotatable bonds is 24. The van der Waals surface area contributed by atoms with Gasteiger partial charge >= 0.3 is 6.09 Å². The summed E-state index contributed by atoms with van der Waals surface area (Å²) in [5, 5.41) is 8.46. The molecule has 6 rings (SSSR count). The van der Waals surface area contributed by atoms with E-state index in [0.29, 0.717) is 61.8 Å². The molecule has 66 heavy (non-hydrogen) atoms. The Labute approximate surface area is 386 Å². The van der Waals surface area contributed by atoms with Crippen LogP contribution >= 0.6 is 0 Å². The number of nitrogens with zero attached hydrogens (tertiary/aromatic N) is 2. The van der Waals surface area contributed by atoms with E-state index >= 15 is 0 Å². The summed E-state index contributed by atoms with van der Waals surface area (Å²) in [5.41, 5.74) is 2.35. The summed E-state index contributed by atoms with van der Waals surface area (Å²) in [5.74, 6) is -1.55. The Bertz CT molecular complexity index is 2130. The first-order valence-corrected chi connectivity index (χ1v) is 23.3. The molecule has 1 saturated heterocycles. The smallest absolute Gasteiger partial charge is 0.418 e. The first-order valence-electron chi connectivity index (χ1n) is 23.3. The Morgan fingerprint density at radius 3 is 2.15 bits per heavy atom. The number of anilines is 2. The van der Waals surface area contributed by atoms with E-state index in [1.54, 1.807) is 37.3 Å². The molecule has 0 unspecified atom stereocenters. The predicted octanol–water partition coefficient (Wildman–Crippen LogP) is 6.81. The van der Waals surface area contributed by atoms with Crippen LogP contribution in [0.1, 0.15) is 100 Å². The fourth-order valence-corrected chi connectivity index (χ4v) is 8.74. The topological polar surface area (TPSA) is 182 Å². The van der Waals surface area contributed by atoms with Crippen molar-refractivity contribution in [1.82, 2.24) is 15.1 Å². The molecule has 3 aromatic rings. The van der Waals surface area contributed by atoms with Crippen molar-refractivity contribution in [3.8, 4) is 0 Å². The molecular weight excluding hydrogens is 850 g/mol.